The molecular formula is C14H18O4. The van der Waals surface area contributed by atoms with E-state index in [1.54, 1.807) is 0 Å². The van der Waals surface area contributed by atoms with Gasteiger partial charge in [0.05, 0.1) is 18.9 Å². The maximum atomic E-state index is 12.2. The Kier molecular flexibility index (Phi) is 3.28. The van der Waals surface area contributed by atoms with Crippen molar-refractivity contribution in [2.75, 3.05) is 7.11 Å². The zero-order valence-corrected chi connectivity index (χ0v) is 10.5. The number of carboxylic acid groups (broad SMARTS) is 1. The molecule has 0 unspecified atom stereocenters. The molecule has 0 atom stereocenters. The Morgan fingerprint density at radius 1 is 1.11 bits per heavy atom. The van der Waals surface area contributed by atoms with Crippen LogP contribution >= 0.6 is 0 Å². The van der Waals surface area contributed by atoms with Gasteiger partial charge < -0.3 is 9.84 Å². The van der Waals surface area contributed by atoms with E-state index in [9.17, 15) is 9.59 Å². The zero-order chi connectivity index (χ0) is 13.2. The SMILES string of the molecule is COC(=O)C12CC=CCC1(CC(=O)O)CC=CC2. The molecule has 0 heterocycles. The summed E-state index contributed by atoms with van der Waals surface area (Å²) in [6.07, 6.45) is 10.3. The van der Waals surface area contributed by atoms with E-state index in [4.69, 9.17) is 9.84 Å². The van der Waals surface area contributed by atoms with Crippen molar-refractivity contribution in [2.45, 2.75) is 32.1 Å². The quantitative estimate of drug-likeness (QED) is 0.616. The molecule has 0 saturated carbocycles. The van der Waals surface area contributed by atoms with Crippen LogP contribution in [0.25, 0.3) is 0 Å². The Hall–Kier alpha value is -1.58. The molecule has 98 valence electrons. The number of esters is 1. The van der Waals surface area contributed by atoms with Gasteiger partial charge >= 0.3 is 11.9 Å². The maximum absolute atomic E-state index is 12.2. The van der Waals surface area contributed by atoms with Crippen molar-refractivity contribution in [2.24, 2.45) is 10.8 Å². The highest BCUT2D eigenvalue weighted by Gasteiger charge is 2.57. The van der Waals surface area contributed by atoms with Crippen LogP contribution in [0.15, 0.2) is 24.3 Å². The standard InChI is InChI=1S/C14H18O4/c1-18-12(17)14-8-4-2-6-13(14,10-11(15)16)7-3-5-9-14/h2-5H,6-10H2,1H3,(H,15,16). The first-order chi connectivity index (χ1) is 8.56. The number of fused-ring (bicyclic) bond motifs is 1. The normalized spacial score (nSPS) is 33.8. The smallest absolute Gasteiger partial charge is 0.313 e. The molecule has 0 radical (unpaired) electrons. The van der Waals surface area contributed by atoms with Crippen molar-refractivity contribution in [1.82, 2.24) is 0 Å². The van der Waals surface area contributed by atoms with Crippen LogP contribution in [0.1, 0.15) is 32.1 Å². The molecule has 0 aromatic rings. The summed E-state index contributed by atoms with van der Waals surface area (Å²) in [6.45, 7) is 0. The average molecular weight is 250 g/mol. The number of rotatable bonds is 3. The molecule has 4 heteroatoms. The molecule has 0 aromatic carbocycles. The van der Waals surface area contributed by atoms with Crippen LogP contribution in [0.3, 0.4) is 0 Å². The molecule has 0 saturated heterocycles. The van der Waals surface area contributed by atoms with Crippen LogP contribution in [-0.4, -0.2) is 24.2 Å². The third kappa shape index (κ3) is 1.76. The van der Waals surface area contributed by atoms with Gasteiger partial charge in [0.15, 0.2) is 0 Å². The van der Waals surface area contributed by atoms with Gasteiger partial charge in [0.25, 0.3) is 0 Å². The molecule has 2 aliphatic carbocycles. The summed E-state index contributed by atoms with van der Waals surface area (Å²) < 4.78 is 4.96. The lowest BCUT2D eigenvalue weighted by Crippen LogP contribution is -2.51. The molecule has 0 aliphatic heterocycles. The predicted octanol–water partition coefficient (Wildman–Crippen LogP) is 2.31. The number of methoxy groups -OCH3 is 1. The lowest BCUT2D eigenvalue weighted by Gasteiger charge is -2.50. The van der Waals surface area contributed by atoms with E-state index in [0.29, 0.717) is 25.7 Å². The van der Waals surface area contributed by atoms with Gasteiger partial charge in [-0.2, -0.15) is 0 Å². The molecular weight excluding hydrogens is 232 g/mol. The molecule has 4 nitrogen and oxygen atoms in total. The van der Waals surface area contributed by atoms with Gasteiger partial charge in [0.1, 0.15) is 0 Å². The molecule has 18 heavy (non-hydrogen) atoms. The molecule has 2 rings (SSSR count). The van der Waals surface area contributed by atoms with Gasteiger partial charge in [-0.25, -0.2) is 0 Å². The lowest BCUT2D eigenvalue weighted by atomic mass is 9.52. The number of carbonyl (C=O) groups excluding carboxylic acids is 1. The summed E-state index contributed by atoms with van der Waals surface area (Å²) >= 11 is 0. The van der Waals surface area contributed by atoms with Crippen molar-refractivity contribution < 1.29 is 19.4 Å². The summed E-state index contributed by atoms with van der Waals surface area (Å²) in [5, 5.41) is 9.17. The Balaban J connectivity index is 2.48. The topological polar surface area (TPSA) is 63.6 Å². The Labute approximate surface area is 106 Å². The number of hydrogen-bond donors (Lipinski definition) is 1. The van der Waals surface area contributed by atoms with E-state index in [0.717, 1.165) is 0 Å². The van der Waals surface area contributed by atoms with Gasteiger partial charge in [0, 0.05) is 5.41 Å². The van der Waals surface area contributed by atoms with Crippen LogP contribution in [0.4, 0.5) is 0 Å². The fraction of sp³-hybridized carbons (Fsp3) is 0.571. The van der Waals surface area contributed by atoms with Gasteiger partial charge in [-0.05, 0) is 25.7 Å². The molecule has 0 spiro atoms. The third-order valence-corrected chi connectivity index (χ3v) is 4.36. The van der Waals surface area contributed by atoms with Crippen LogP contribution in [0, 0.1) is 10.8 Å². The molecule has 1 N–H and O–H groups in total. The Bertz CT molecular complexity index is 402. The van der Waals surface area contributed by atoms with Crippen LogP contribution in [0.2, 0.25) is 0 Å². The fourth-order valence-electron chi connectivity index (χ4n) is 3.36. The minimum absolute atomic E-state index is 0.0107. The van der Waals surface area contributed by atoms with Crippen LogP contribution in [-0.2, 0) is 14.3 Å². The number of aliphatic carboxylic acids is 1. The van der Waals surface area contributed by atoms with E-state index in [1.807, 2.05) is 24.3 Å². The predicted molar refractivity (Wildman–Crippen MR) is 65.9 cm³/mol. The Morgan fingerprint density at radius 3 is 2.06 bits per heavy atom. The minimum atomic E-state index is -0.853. The number of allylic oxidation sites excluding steroid dienone is 4. The zero-order valence-electron chi connectivity index (χ0n) is 10.5. The number of ether oxygens (including phenoxy) is 1. The summed E-state index contributed by atoms with van der Waals surface area (Å²) in [4.78, 5) is 23.4. The highest BCUT2D eigenvalue weighted by molar-refractivity contribution is 5.81. The minimum Gasteiger partial charge on any atom is -0.481 e. The van der Waals surface area contributed by atoms with E-state index in [1.165, 1.54) is 7.11 Å². The summed E-state index contributed by atoms with van der Waals surface area (Å²) in [5.74, 6) is -1.13. The average Bonchev–Trinajstić information content (AvgIpc) is 2.36. The summed E-state index contributed by atoms with van der Waals surface area (Å²) in [5.41, 5.74) is -1.24. The second kappa shape index (κ2) is 4.59. The van der Waals surface area contributed by atoms with Crippen LogP contribution in [0.5, 0.6) is 0 Å². The van der Waals surface area contributed by atoms with Gasteiger partial charge in [-0.15, -0.1) is 0 Å². The lowest BCUT2D eigenvalue weighted by molar-refractivity contribution is -0.167. The molecule has 0 amide bonds. The third-order valence-electron chi connectivity index (χ3n) is 4.36. The molecule has 2 aliphatic rings. The van der Waals surface area contributed by atoms with Crippen LogP contribution < -0.4 is 0 Å². The second-order valence-electron chi connectivity index (χ2n) is 5.18. The molecule has 0 aromatic heterocycles. The van der Waals surface area contributed by atoms with E-state index in [2.05, 4.69) is 0 Å². The molecule has 0 bridgehead atoms. The fourth-order valence-corrected chi connectivity index (χ4v) is 3.36. The number of carboxylic acids is 1. The van der Waals surface area contributed by atoms with Crippen molar-refractivity contribution in [3.05, 3.63) is 24.3 Å². The first-order valence-electron chi connectivity index (χ1n) is 6.17. The van der Waals surface area contributed by atoms with Crippen molar-refractivity contribution in [3.8, 4) is 0 Å². The van der Waals surface area contributed by atoms with Gasteiger partial charge in [-0.1, -0.05) is 24.3 Å². The van der Waals surface area contributed by atoms with Crippen molar-refractivity contribution >= 4 is 11.9 Å². The summed E-state index contributed by atoms with van der Waals surface area (Å²) in [6, 6.07) is 0. The van der Waals surface area contributed by atoms with Gasteiger partial charge in [0.2, 0.25) is 0 Å². The largest absolute Gasteiger partial charge is 0.481 e. The van der Waals surface area contributed by atoms with E-state index < -0.39 is 16.8 Å². The number of hydrogen-bond acceptors (Lipinski definition) is 3. The van der Waals surface area contributed by atoms with Crippen molar-refractivity contribution in [1.29, 1.82) is 0 Å². The first-order valence-corrected chi connectivity index (χ1v) is 6.17. The second-order valence-corrected chi connectivity index (χ2v) is 5.18. The maximum Gasteiger partial charge on any atom is 0.313 e. The monoisotopic (exact) mass is 250 g/mol. The van der Waals surface area contributed by atoms with E-state index in [-0.39, 0.29) is 12.4 Å². The summed E-state index contributed by atoms with van der Waals surface area (Å²) in [7, 11) is 1.37. The highest BCUT2D eigenvalue weighted by atomic mass is 16.5. The van der Waals surface area contributed by atoms with E-state index >= 15 is 0 Å². The molecule has 0 fully saturated rings. The number of carbonyl (C=O) groups is 2. The van der Waals surface area contributed by atoms with Gasteiger partial charge in [-0.3, -0.25) is 9.59 Å². The first kappa shape index (κ1) is 12.9. The Morgan fingerprint density at radius 2 is 1.61 bits per heavy atom. The van der Waals surface area contributed by atoms with Crippen molar-refractivity contribution in [3.63, 3.8) is 0 Å². The highest BCUT2D eigenvalue weighted by Crippen LogP contribution is 2.58.